The number of aliphatic hydroxyl groups is 1. The molecule has 2 aromatic heterocycles. The van der Waals surface area contributed by atoms with Gasteiger partial charge in [0.05, 0.1) is 19.0 Å². The number of ether oxygens (including phenoxy) is 2. The molecule has 2 atom stereocenters. The SMILES string of the molecule is CCc1cc(O[C@H]2CCc3cccc(-c4cccc(-n5ncc(C(=O)O)c5OC)n4)c32)ccc1C1CCN(C(=O)C(C)O)CC1. The van der Waals surface area contributed by atoms with Crippen LogP contribution in [0.5, 0.6) is 11.6 Å². The summed E-state index contributed by atoms with van der Waals surface area (Å²) in [6.45, 7) is 4.99. The lowest BCUT2D eigenvalue weighted by molar-refractivity contribution is -0.140. The van der Waals surface area contributed by atoms with Crippen molar-refractivity contribution in [2.75, 3.05) is 20.2 Å². The molecule has 1 aliphatic heterocycles. The summed E-state index contributed by atoms with van der Waals surface area (Å²) in [7, 11) is 1.41. The predicted molar refractivity (Wildman–Crippen MR) is 168 cm³/mol. The van der Waals surface area contributed by atoms with Gasteiger partial charge in [-0.3, -0.25) is 4.79 Å². The lowest BCUT2D eigenvalue weighted by Crippen LogP contribution is -2.42. The molecule has 6 rings (SSSR count). The van der Waals surface area contributed by atoms with Gasteiger partial charge in [-0.15, -0.1) is 0 Å². The fourth-order valence-electron chi connectivity index (χ4n) is 6.72. The fraction of sp³-hybridized carbons (Fsp3) is 0.371. The number of benzene rings is 2. The highest BCUT2D eigenvalue weighted by molar-refractivity contribution is 5.90. The Hall–Kier alpha value is -4.70. The minimum absolute atomic E-state index is 0.0341. The minimum atomic E-state index is -1.12. The Morgan fingerprint density at radius 2 is 1.84 bits per heavy atom. The first-order chi connectivity index (χ1) is 21.8. The number of aliphatic hydroxyl groups excluding tert-OH is 1. The first-order valence-corrected chi connectivity index (χ1v) is 15.5. The van der Waals surface area contributed by atoms with Crippen LogP contribution in [0.25, 0.3) is 17.1 Å². The summed E-state index contributed by atoms with van der Waals surface area (Å²) in [4.78, 5) is 30.5. The third-order valence-corrected chi connectivity index (χ3v) is 8.95. The Kier molecular flexibility index (Phi) is 8.58. The molecule has 3 heterocycles. The molecule has 1 amide bonds. The van der Waals surface area contributed by atoms with Crippen molar-refractivity contribution in [3.8, 4) is 28.7 Å². The zero-order valence-corrected chi connectivity index (χ0v) is 25.8. The first-order valence-electron chi connectivity index (χ1n) is 15.5. The third-order valence-electron chi connectivity index (χ3n) is 8.95. The van der Waals surface area contributed by atoms with E-state index in [4.69, 9.17) is 14.5 Å². The Morgan fingerprint density at radius 3 is 2.56 bits per heavy atom. The second kappa shape index (κ2) is 12.7. The number of pyridine rings is 1. The van der Waals surface area contributed by atoms with Gasteiger partial charge >= 0.3 is 5.97 Å². The van der Waals surface area contributed by atoms with E-state index >= 15 is 0 Å². The number of carboxylic acid groups (broad SMARTS) is 1. The number of hydrogen-bond acceptors (Lipinski definition) is 7. The van der Waals surface area contributed by atoms with Crippen molar-refractivity contribution in [2.24, 2.45) is 0 Å². The molecule has 2 aliphatic rings. The third kappa shape index (κ3) is 5.90. The van der Waals surface area contributed by atoms with E-state index in [0.717, 1.165) is 54.7 Å². The standard InChI is InChI=1S/C35H38N4O6/c1-4-22-19-25(12-13-26(22)23-15-17-38(18-16-23)33(41)21(2)40)45-30-14-11-24-7-5-8-27(32(24)30)29-9-6-10-31(37-29)39-34(44-3)28(20-36-39)35(42)43/h5-10,12-13,19-21,23,30,40H,4,11,14-18H2,1-3H3,(H,42,43)/t21?,30-/m0/s1. The molecule has 0 bridgehead atoms. The second-order valence-electron chi connectivity index (χ2n) is 11.7. The molecule has 2 aromatic carbocycles. The Labute approximate surface area is 262 Å². The maximum Gasteiger partial charge on any atom is 0.342 e. The van der Waals surface area contributed by atoms with Crippen LogP contribution in [0.1, 0.15) is 77.7 Å². The minimum Gasteiger partial charge on any atom is -0.486 e. The van der Waals surface area contributed by atoms with E-state index in [1.165, 1.54) is 41.6 Å². The molecule has 4 aromatic rings. The summed E-state index contributed by atoms with van der Waals surface area (Å²) in [6.07, 6.45) is 4.52. The Bertz CT molecular complexity index is 1720. The van der Waals surface area contributed by atoms with Crippen molar-refractivity contribution in [1.29, 1.82) is 0 Å². The summed E-state index contributed by atoms with van der Waals surface area (Å²) in [5.74, 6) is 0.441. The van der Waals surface area contributed by atoms with E-state index < -0.39 is 12.1 Å². The smallest absolute Gasteiger partial charge is 0.342 e. The van der Waals surface area contributed by atoms with Crippen molar-refractivity contribution in [2.45, 2.75) is 64.1 Å². The van der Waals surface area contributed by atoms with Crippen LogP contribution in [0.15, 0.2) is 60.8 Å². The first kappa shape index (κ1) is 30.3. The summed E-state index contributed by atoms with van der Waals surface area (Å²) in [5.41, 5.74) is 6.56. The number of carbonyl (C=O) groups is 2. The van der Waals surface area contributed by atoms with Gasteiger partial charge in [0.1, 0.15) is 23.5 Å². The Balaban J connectivity index is 1.24. The summed E-state index contributed by atoms with van der Waals surface area (Å²) in [5, 5.41) is 23.4. The maximum atomic E-state index is 12.2. The van der Waals surface area contributed by atoms with Crippen LogP contribution >= 0.6 is 0 Å². The van der Waals surface area contributed by atoms with E-state index in [-0.39, 0.29) is 23.5 Å². The van der Waals surface area contributed by atoms with Gasteiger partial charge in [0.15, 0.2) is 5.82 Å². The van der Waals surface area contributed by atoms with Crippen LogP contribution in [0, 0.1) is 0 Å². The number of carbonyl (C=O) groups excluding carboxylic acids is 1. The molecule has 234 valence electrons. The number of likely N-dealkylation sites (tertiary alicyclic amines) is 1. The van der Waals surface area contributed by atoms with Gasteiger partial charge in [0.2, 0.25) is 5.88 Å². The molecular formula is C35H38N4O6. The van der Waals surface area contributed by atoms with Crippen LogP contribution in [0.2, 0.25) is 0 Å². The number of amides is 1. The van der Waals surface area contributed by atoms with Crippen LogP contribution < -0.4 is 9.47 Å². The number of nitrogens with zero attached hydrogens (tertiary/aromatic N) is 4. The molecule has 1 unspecified atom stereocenters. The van der Waals surface area contributed by atoms with Gasteiger partial charge in [0.25, 0.3) is 5.91 Å². The van der Waals surface area contributed by atoms with Crippen molar-refractivity contribution in [1.82, 2.24) is 19.7 Å². The van der Waals surface area contributed by atoms with Crippen LogP contribution in [0.4, 0.5) is 0 Å². The van der Waals surface area contributed by atoms with Gasteiger partial charge in [0, 0.05) is 24.2 Å². The Morgan fingerprint density at radius 1 is 1.07 bits per heavy atom. The number of piperidine rings is 1. The van der Waals surface area contributed by atoms with E-state index in [0.29, 0.717) is 24.8 Å². The molecule has 10 heteroatoms. The lowest BCUT2D eigenvalue weighted by atomic mass is 9.85. The molecule has 0 saturated carbocycles. The molecule has 2 N–H and O–H groups in total. The average molecular weight is 611 g/mol. The number of aromatic carboxylic acids is 1. The number of methoxy groups -OCH3 is 1. The number of rotatable bonds is 9. The molecular weight excluding hydrogens is 572 g/mol. The topological polar surface area (TPSA) is 127 Å². The van der Waals surface area contributed by atoms with Gasteiger partial charge in [-0.2, -0.15) is 9.78 Å². The molecule has 0 radical (unpaired) electrons. The number of hydrogen-bond donors (Lipinski definition) is 2. The highest BCUT2D eigenvalue weighted by atomic mass is 16.5. The largest absolute Gasteiger partial charge is 0.486 e. The molecule has 45 heavy (non-hydrogen) atoms. The number of carboxylic acids is 1. The molecule has 0 spiro atoms. The molecule has 1 fully saturated rings. The van der Waals surface area contributed by atoms with E-state index in [9.17, 15) is 19.8 Å². The van der Waals surface area contributed by atoms with Crippen molar-refractivity contribution < 1.29 is 29.3 Å². The normalized spacial score (nSPS) is 17.2. The van der Waals surface area contributed by atoms with Gasteiger partial charge in [-0.05, 0) is 85.9 Å². The summed E-state index contributed by atoms with van der Waals surface area (Å²) >= 11 is 0. The molecule has 10 nitrogen and oxygen atoms in total. The summed E-state index contributed by atoms with van der Waals surface area (Å²) in [6, 6.07) is 18.2. The maximum absolute atomic E-state index is 12.2. The lowest BCUT2D eigenvalue weighted by Gasteiger charge is -2.33. The predicted octanol–water partition coefficient (Wildman–Crippen LogP) is 5.36. The highest BCUT2D eigenvalue weighted by Crippen LogP contribution is 2.42. The van der Waals surface area contributed by atoms with Crippen molar-refractivity contribution >= 4 is 11.9 Å². The fourth-order valence-corrected chi connectivity index (χ4v) is 6.72. The quantitative estimate of drug-likeness (QED) is 0.260. The van der Waals surface area contributed by atoms with Crippen molar-refractivity contribution in [3.05, 3.63) is 88.6 Å². The molecule has 1 aliphatic carbocycles. The van der Waals surface area contributed by atoms with Gasteiger partial charge in [-0.1, -0.05) is 37.3 Å². The average Bonchev–Trinajstić information content (AvgIpc) is 3.69. The molecule has 1 saturated heterocycles. The van der Waals surface area contributed by atoms with Crippen LogP contribution in [-0.2, 0) is 17.6 Å². The second-order valence-corrected chi connectivity index (χ2v) is 11.7. The van der Waals surface area contributed by atoms with E-state index in [1.807, 2.05) is 24.3 Å². The number of fused-ring (bicyclic) bond motifs is 1. The number of aromatic nitrogens is 3. The van der Waals surface area contributed by atoms with Crippen LogP contribution in [0.3, 0.4) is 0 Å². The van der Waals surface area contributed by atoms with Crippen LogP contribution in [-0.4, -0.2) is 68.1 Å². The van der Waals surface area contributed by atoms with Gasteiger partial charge < -0.3 is 24.6 Å². The van der Waals surface area contributed by atoms with Gasteiger partial charge in [-0.25, -0.2) is 9.78 Å². The summed E-state index contributed by atoms with van der Waals surface area (Å²) < 4.78 is 13.4. The van der Waals surface area contributed by atoms with E-state index in [2.05, 4.69) is 36.3 Å². The highest BCUT2D eigenvalue weighted by Gasteiger charge is 2.30. The zero-order valence-electron chi connectivity index (χ0n) is 25.8. The number of aryl methyl sites for hydroxylation is 2. The zero-order chi connectivity index (χ0) is 31.7. The van der Waals surface area contributed by atoms with E-state index in [1.54, 1.807) is 11.0 Å². The van der Waals surface area contributed by atoms with Crippen molar-refractivity contribution in [3.63, 3.8) is 0 Å². The monoisotopic (exact) mass is 610 g/mol.